The Labute approximate surface area is 121 Å². The van der Waals surface area contributed by atoms with Gasteiger partial charge in [0.25, 0.3) is 0 Å². The molecule has 0 saturated carbocycles. The Kier molecular flexibility index (Phi) is 4.10. The maximum atomic E-state index is 5.07. The fourth-order valence-electron chi connectivity index (χ4n) is 2.43. The highest BCUT2D eigenvalue weighted by Gasteiger charge is 2.29. The Morgan fingerprint density at radius 3 is 3.26 bits per heavy atom. The van der Waals surface area contributed by atoms with Crippen molar-refractivity contribution >= 4 is 28.0 Å². The molecule has 6 heteroatoms. The zero-order valence-corrected chi connectivity index (χ0v) is 12.5. The number of hydrogen-bond donors (Lipinski definition) is 0. The van der Waals surface area contributed by atoms with Gasteiger partial charge in [-0.05, 0) is 24.3 Å². The van der Waals surface area contributed by atoms with Crippen molar-refractivity contribution < 1.29 is 4.74 Å². The topological polar surface area (TPSA) is 38.2 Å². The van der Waals surface area contributed by atoms with Crippen LogP contribution in [0.25, 0.3) is 0 Å². The molecular formula is C13H17N3OS2. The average Bonchev–Trinajstić information content (AvgIpc) is 3.14. The molecule has 3 heterocycles. The van der Waals surface area contributed by atoms with Crippen molar-refractivity contribution in [3.8, 4) is 0 Å². The molecule has 4 nitrogen and oxygen atoms in total. The molecule has 0 amide bonds. The molecule has 2 aromatic heterocycles. The lowest BCUT2D eigenvalue weighted by atomic mass is 10.2. The standard InChI is InChI=1S/C13H17N3OS2/c1-17-8-6-12-14-13(19-15-12)16-7-2-4-10(16)11-5-3-9-18-11/h3,5,9-10H,2,4,6-8H2,1H3. The Morgan fingerprint density at radius 2 is 2.47 bits per heavy atom. The van der Waals surface area contributed by atoms with Gasteiger partial charge in [0, 0.05) is 36.5 Å². The molecule has 1 fully saturated rings. The van der Waals surface area contributed by atoms with Crippen LogP contribution in [-0.2, 0) is 11.2 Å². The van der Waals surface area contributed by atoms with E-state index in [2.05, 4.69) is 31.8 Å². The van der Waals surface area contributed by atoms with E-state index in [0.29, 0.717) is 12.6 Å². The van der Waals surface area contributed by atoms with E-state index in [9.17, 15) is 0 Å². The molecule has 102 valence electrons. The van der Waals surface area contributed by atoms with E-state index in [1.807, 2.05) is 11.3 Å². The minimum absolute atomic E-state index is 0.489. The lowest BCUT2D eigenvalue weighted by Crippen LogP contribution is -2.21. The summed E-state index contributed by atoms with van der Waals surface area (Å²) in [4.78, 5) is 8.49. The number of thiophene rings is 1. The fraction of sp³-hybridized carbons (Fsp3) is 0.538. The SMILES string of the molecule is COCCc1nsc(N2CCCC2c2cccs2)n1. The molecule has 0 bridgehead atoms. The van der Waals surface area contributed by atoms with E-state index in [-0.39, 0.29) is 0 Å². The summed E-state index contributed by atoms with van der Waals surface area (Å²) in [5.74, 6) is 0.902. The second-order valence-corrected chi connectivity index (χ2v) is 6.31. The molecular weight excluding hydrogens is 278 g/mol. The summed E-state index contributed by atoms with van der Waals surface area (Å²) >= 11 is 3.35. The molecule has 1 aliphatic rings. The number of aromatic nitrogens is 2. The summed E-state index contributed by atoms with van der Waals surface area (Å²) < 4.78 is 9.50. The maximum absolute atomic E-state index is 5.07. The van der Waals surface area contributed by atoms with Gasteiger partial charge in [0.1, 0.15) is 5.82 Å². The maximum Gasteiger partial charge on any atom is 0.205 e. The lowest BCUT2D eigenvalue weighted by Gasteiger charge is -2.22. The smallest absolute Gasteiger partial charge is 0.205 e. The molecule has 0 radical (unpaired) electrons. The largest absolute Gasteiger partial charge is 0.384 e. The van der Waals surface area contributed by atoms with Crippen molar-refractivity contribution in [2.24, 2.45) is 0 Å². The van der Waals surface area contributed by atoms with E-state index in [1.165, 1.54) is 29.3 Å². The van der Waals surface area contributed by atoms with Gasteiger partial charge in [0.15, 0.2) is 0 Å². The number of anilines is 1. The third-order valence-electron chi connectivity index (χ3n) is 3.36. The van der Waals surface area contributed by atoms with Gasteiger partial charge in [0.2, 0.25) is 5.13 Å². The van der Waals surface area contributed by atoms with Crippen molar-refractivity contribution in [2.75, 3.05) is 25.2 Å². The molecule has 1 atom stereocenters. The van der Waals surface area contributed by atoms with Gasteiger partial charge < -0.3 is 9.64 Å². The fourth-order valence-corrected chi connectivity index (χ4v) is 4.09. The minimum Gasteiger partial charge on any atom is -0.384 e. The van der Waals surface area contributed by atoms with Gasteiger partial charge in [-0.3, -0.25) is 0 Å². The zero-order chi connectivity index (χ0) is 13.1. The van der Waals surface area contributed by atoms with Crippen molar-refractivity contribution in [1.29, 1.82) is 0 Å². The molecule has 0 spiro atoms. The van der Waals surface area contributed by atoms with Crippen LogP contribution in [0.2, 0.25) is 0 Å². The number of rotatable bonds is 5. The zero-order valence-electron chi connectivity index (χ0n) is 10.9. The van der Waals surface area contributed by atoms with Crippen LogP contribution in [0.5, 0.6) is 0 Å². The highest BCUT2D eigenvalue weighted by molar-refractivity contribution is 7.10. The lowest BCUT2D eigenvalue weighted by molar-refractivity contribution is 0.201. The normalized spacial score (nSPS) is 19.2. The highest BCUT2D eigenvalue weighted by atomic mass is 32.1. The van der Waals surface area contributed by atoms with Crippen LogP contribution < -0.4 is 4.90 Å². The quantitative estimate of drug-likeness (QED) is 0.849. The third-order valence-corrected chi connectivity index (χ3v) is 5.12. The van der Waals surface area contributed by atoms with Crippen LogP contribution in [0, 0.1) is 0 Å². The molecule has 2 aromatic rings. The summed E-state index contributed by atoms with van der Waals surface area (Å²) in [5.41, 5.74) is 0. The first kappa shape index (κ1) is 13.0. The summed E-state index contributed by atoms with van der Waals surface area (Å²) in [6.07, 6.45) is 3.24. The highest BCUT2D eigenvalue weighted by Crippen LogP contribution is 2.38. The van der Waals surface area contributed by atoms with Crippen molar-refractivity contribution in [3.63, 3.8) is 0 Å². The number of methoxy groups -OCH3 is 1. The van der Waals surface area contributed by atoms with Gasteiger partial charge >= 0.3 is 0 Å². The van der Waals surface area contributed by atoms with E-state index in [0.717, 1.165) is 23.9 Å². The Hall–Kier alpha value is -0.980. The van der Waals surface area contributed by atoms with E-state index in [4.69, 9.17) is 4.74 Å². The molecule has 1 saturated heterocycles. The number of ether oxygens (including phenoxy) is 1. The number of nitrogens with zero attached hydrogens (tertiary/aromatic N) is 3. The molecule has 0 N–H and O–H groups in total. The summed E-state index contributed by atoms with van der Waals surface area (Å²) in [5, 5.41) is 3.21. The predicted molar refractivity (Wildman–Crippen MR) is 79.1 cm³/mol. The van der Waals surface area contributed by atoms with Crippen molar-refractivity contribution in [1.82, 2.24) is 9.36 Å². The van der Waals surface area contributed by atoms with Crippen molar-refractivity contribution in [2.45, 2.75) is 25.3 Å². The first-order chi connectivity index (χ1) is 9.38. The molecule has 0 aliphatic carbocycles. The van der Waals surface area contributed by atoms with Crippen molar-refractivity contribution in [3.05, 3.63) is 28.2 Å². The predicted octanol–water partition coefficient (Wildman–Crippen LogP) is 3.13. The van der Waals surface area contributed by atoms with Gasteiger partial charge in [0.05, 0.1) is 12.6 Å². The van der Waals surface area contributed by atoms with E-state index in [1.54, 1.807) is 7.11 Å². The average molecular weight is 295 g/mol. The van der Waals surface area contributed by atoms with Crippen LogP contribution >= 0.6 is 22.9 Å². The molecule has 3 rings (SSSR count). The van der Waals surface area contributed by atoms with Crippen LogP contribution in [0.15, 0.2) is 17.5 Å². The first-order valence-corrected chi connectivity index (χ1v) is 8.15. The summed E-state index contributed by atoms with van der Waals surface area (Å²) in [7, 11) is 1.71. The Morgan fingerprint density at radius 1 is 1.53 bits per heavy atom. The summed E-state index contributed by atoms with van der Waals surface area (Å²) in [6.45, 7) is 1.77. The van der Waals surface area contributed by atoms with E-state index >= 15 is 0 Å². The molecule has 1 unspecified atom stereocenters. The molecule has 19 heavy (non-hydrogen) atoms. The van der Waals surface area contributed by atoms with E-state index < -0.39 is 0 Å². The second kappa shape index (κ2) is 5.98. The van der Waals surface area contributed by atoms with Gasteiger partial charge in [-0.25, -0.2) is 4.98 Å². The minimum atomic E-state index is 0.489. The van der Waals surface area contributed by atoms with Crippen LogP contribution in [0.4, 0.5) is 5.13 Å². The van der Waals surface area contributed by atoms with Crippen LogP contribution in [0.1, 0.15) is 29.6 Å². The second-order valence-electron chi connectivity index (χ2n) is 4.60. The van der Waals surface area contributed by atoms with Crippen LogP contribution in [0.3, 0.4) is 0 Å². The van der Waals surface area contributed by atoms with Gasteiger partial charge in [-0.1, -0.05) is 6.07 Å². The Balaban J connectivity index is 1.75. The Bertz CT molecular complexity index is 512. The van der Waals surface area contributed by atoms with Gasteiger partial charge in [-0.15, -0.1) is 11.3 Å². The molecule has 1 aliphatic heterocycles. The first-order valence-electron chi connectivity index (χ1n) is 6.50. The third kappa shape index (κ3) is 2.80. The molecule has 0 aromatic carbocycles. The monoisotopic (exact) mass is 295 g/mol. The summed E-state index contributed by atoms with van der Waals surface area (Å²) in [6, 6.07) is 4.84. The van der Waals surface area contributed by atoms with Crippen LogP contribution in [-0.4, -0.2) is 29.6 Å². The van der Waals surface area contributed by atoms with Gasteiger partial charge in [-0.2, -0.15) is 4.37 Å². The number of hydrogen-bond acceptors (Lipinski definition) is 6.